The molecule has 1 rings (SSSR count). The van der Waals surface area contributed by atoms with E-state index in [1.807, 2.05) is 30.3 Å². The summed E-state index contributed by atoms with van der Waals surface area (Å²) in [4.78, 5) is 14.4. The maximum atomic E-state index is 11.0. The largest absolute Gasteiger partial charge is 0.341 e. The maximum Gasteiger partial charge on any atom is 0.210 e. The number of carbonyl (C=O) groups is 1. The first-order valence-electron chi connectivity index (χ1n) is 5.92. The van der Waals surface area contributed by atoms with Crippen molar-refractivity contribution in [1.29, 1.82) is 5.41 Å². The van der Waals surface area contributed by atoms with Crippen LogP contribution in [0.1, 0.15) is 12.0 Å². The summed E-state index contributed by atoms with van der Waals surface area (Å²) in [6, 6.07) is 9.90. The summed E-state index contributed by atoms with van der Waals surface area (Å²) < 4.78 is 0. The third-order valence-corrected chi connectivity index (χ3v) is 2.64. The van der Waals surface area contributed by atoms with Crippen molar-refractivity contribution in [2.45, 2.75) is 13.0 Å². The molecule has 0 heterocycles. The molecule has 96 valence electrons. The topological polar surface area (TPSA) is 47.4 Å². The van der Waals surface area contributed by atoms with E-state index in [1.54, 1.807) is 16.0 Å². The number of amides is 1. The highest BCUT2D eigenvalue weighted by molar-refractivity contribution is 5.52. The van der Waals surface area contributed by atoms with Gasteiger partial charge in [0, 0.05) is 19.6 Å². The summed E-state index contributed by atoms with van der Waals surface area (Å²) >= 11 is 0. The van der Waals surface area contributed by atoms with Crippen LogP contribution in [0, 0.1) is 5.41 Å². The smallest absolute Gasteiger partial charge is 0.210 e. The Labute approximate surface area is 108 Å². The molecule has 0 unspecified atom stereocenters. The van der Waals surface area contributed by atoms with Crippen LogP contribution in [0.2, 0.25) is 0 Å². The first-order chi connectivity index (χ1) is 8.80. The third kappa shape index (κ3) is 4.82. The molecule has 1 N–H and O–H groups in total. The molecule has 0 spiro atoms. The van der Waals surface area contributed by atoms with Crippen molar-refractivity contribution in [1.82, 2.24) is 9.80 Å². The highest BCUT2D eigenvalue weighted by Crippen LogP contribution is 2.03. The Morgan fingerprint density at radius 2 is 1.94 bits per heavy atom. The fraction of sp³-hybridized carbons (Fsp3) is 0.286. The van der Waals surface area contributed by atoms with Gasteiger partial charge in [-0.25, -0.2) is 0 Å². The van der Waals surface area contributed by atoms with Gasteiger partial charge in [-0.15, -0.1) is 0 Å². The molecule has 0 fully saturated rings. The van der Waals surface area contributed by atoms with Crippen LogP contribution in [0.4, 0.5) is 0 Å². The Morgan fingerprint density at radius 1 is 1.22 bits per heavy atom. The molecule has 0 saturated heterocycles. The summed E-state index contributed by atoms with van der Waals surface area (Å²) in [5, 5.41) is 7.12. The van der Waals surface area contributed by atoms with Gasteiger partial charge in [0.1, 0.15) is 0 Å². The molecule has 18 heavy (non-hydrogen) atoms. The Hall–Kier alpha value is -2.10. The van der Waals surface area contributed by atoms with E-state index < -0.39 is 0 Å². The second kappa shape index (κ2) is 8.06. The Kier molecular flexibility index (Phi) is 6.25. The SMILES string of the molecule is C=CN(C=N)CCCN(C=O)Cc1ccccc1. The molecule has 0 bridgehead atoms. The van der Waals surface area contributed by atoms with E-state index in [2.05, 4.69) is 6.58 Å². The quantitative estimate of drug-likeness (QED) is 0.411. The van der Waals surface area contributed by atoms with Gasteiger partial charge in [-0.1, -0.05) is 36.9 Å². The summed E-state index contributed by atoms with van der Waals surface area (Å²) in [5.74, 6) is 0. The highest BCUT2D eigenvalue weighted by Gasteiger charge is 2.03. The Morgan fingerprint density at radius 3 is 2.50 bits per heavy atom. The van der Waals surface area contributed by atoms with Gasteiger partial charge in [-0.3, -0.25) is 10.2 Å². The molecular weight excluding hydrogens is 226 g/mol. The van der Waals surface area contributed by atoms with Gasteiger partial charge < -0.3 is 9.80 Å². The van der Waals surface area contributed by atoms with E-state index in [9.17, 15) is 4.79 Å². The van der Waals surface area contributed by atoms with Gasteiger partial charge in [-0.05, 0) is 18.2 Å². The zero-order valence-electron chi connectivity index (χ0n) is 10.5. The molecule has 4 nitrogen and oxygen atoms in total. The van der Waals surface area contributed by atoms with Crippen LogP contribution in [0.3, 0.4) is 0 Å². The van der Waals surface area contributed by atoms with Crippen LogP contribution in [0.25, 0.3) is 0 Å². The normalized spacial score (nSPS) is 9.56. The van der Waals surface area contributed by atoms with Crippen LogP contribution < -0.4 is 0 Å². The van der Waals surface area contributed by atoms with E-state index >= 15 is 0 Å². The van der Waals surface area contributed by atoms with Crippen LogP contribution in [0.15, 0.2) is 43.1 Å². The molecule has 4 heteroatoms. The summed E-state index contributed by atoms with van der Waals surface area (Å²) in [7, 11) is 0. The van der Waals surface area contributed by atoms with Gasteiger partial charge in [0.2, 0.25) is 6.41 Å². The lowest BCUT2D eigenvalue weighted by Crippen LogP contribution is -2.26. The molecule has 0 saturated carbocycles. The van der Waals surface area contributed by atoms with E-state index in [0.717, 1.165) is 18.4 Å². The first kappa shape index (κ1) is 14.0. The van der Waals surface area contributed by atoms with Crippen molar-refractivity contribution < 1.29 is 4.79 Å². The van der Waals surface area contributed by atoms with Crippen molar-refractivity contribution >= 4 is 12.7 Å². The number of benzene rings is 1. The summed E-state index contributed by atoms with van der Waals surface area (Å²) in [6.45, 7) is 5.61. The average Bonchev–Trinajstić information content (AvgIpc) is 2.43. The van der Waals surface area contributed by atoms with E-state index in [1.165, 1.54) is 6.34 Å². The fourth-order valence-electron chi connectivity index (χ4n) is 1.65. The fourth-order valence-corrected chi connectivity index (χ4v) is 1.65. The molecular formula is C14H19N3O. The Bertz CT molecular complexity index is 370. The van der Waals surface area contributed by atoms with Gasteiger partial charge in [0.05, 0.1) is 6.34 Å². The van der Waals surface area contributed by atoms with Crippen molar-refractivity contribution in [3.05, 3.63) is 48.7 Å². The lowest BCUT2D eigenvalue weighted by Gasteiger charge is -2.19. The molecule has 1 aromatic rings. The minimum Gasteiger partial charge on any atom is -0.341 e. The zero-order valence-corrected chi connectivity index (χ0v) is 10.5. The Balaban J connectivity index is 2.36. The molecule has 0 radical (unpaired) electrons. The molecule has 0 aliphatic rings. The van der Waals surface area contributed by atoms with Gasteiger partial charge >= 0.3 is 0 Å². The van der Waals surface area contributed by atoms with E-state index in [0.29, 0.717) is 19.6 Å². The number of carbonyl (C=O) groups excluding carboxylic acids is 1. The summed E-state index contributed by atoms with van der Waals surface area (Å²) in [6.07, 6.45) is 4.52. The molecule has 1 amide bonds. The number of nitrogens with one attached hydrogen (secondary N) is 1. The first-order valence-corrected chi connectivity index (χ1v) is 5.92. The minimum absolute atomic E-state index is 0.628. The van der Waals surface area contributed by atoms with Crippen LogP contribution in [-0.2, 0) is 11.3 Å². The predicted molar refractivity (Wildman–Crippen MR) is 73.2 cm³/mol. The van der Waals surface area contributed by atoms with Gasteiger partial charge in [0.15, 0.2) is 0 Å². The van der Waals surface area contributed by atoms with Gasteiger partial charge in [-0.2, -0.15) is 0 Å². The number of rotatable bonds is 9. The van der Waals surface area contributed by atoms with E-state index in [-0.39, 0.29) is 0 Å². The zero-order chi connectivity index (χ0) is 13.2. The lowest BCUT2D eigenvalue weighted by molar-refractivity contribution is -0.118. The number of hydrogen-bond donors (Lipinski definition) is 1. The number of nitrogens with zero attached hydrogens (tertiary/aromatic N) is 2. The van der Waals surface area contributed by atoms with Crippen LogP contribution in [-0.4, -0.2) is 35.6 Å². The lowest BCUT2D eigenvalue weighted by atomic mass is 10.2. The molecule has 0 atom stereocenters. The highest BCUT2D eigenvalue weighted by atomic mass is 16.1. The maximum absolute atomic E-state index is 11.0. The van der Waals surface area contributed by atoms with Gasteiger partial charge in [0.25, 0.3) is 0 Å². The second-order valence-electron chi connectivity index (χ2n) is 3.96. The minimum atomic E-state index is 0.628. The molecule has 0 aliphatic heterocycles. The summed E-state index contributed by atoms with van der Waals surface area (Å²) in [5.41, 5.74) is 1.12. The standard InChI is InChI=1S/C14H19N3O/c1-2-16(12-15)9-6-10-17(13-18)11-14-7-4-3-5-8-14/h2-5,7-8,12-13,15H,1,6,9-11H2. The van der Waals surface area contributed by atoms with E-state index in [4.69, 9.17) is 5.41 Å². The van der Waals surface area contributed by atoms with Crippen LogP contribution >= 0.6 is 0 Å². The second-order valence-corrected chi connectivity index (χ2v) is 3.96. The molecule has 0 aliphatic carbocycles. The third-order valence-electron chi connectivity index (χ3n) is 2.64. The van der Waals surface area contributed by atoms with Crippen molar-refractivity contribution in [2.75, 3.05) is 13.1 Å². The molecule has 1 aromatic carbocycles. The van der Waals surface area contributed by atoms with Crippen molar-refractivity contribution in [2.24, 2.45) is 0 Å². The predicted octanol–water partition coefficient (Wildman–Crippen LogP) is 2.09. The van der Waals surface area contributed by atoms with Crippen molar-refractivity contribution in [3.63, 3.8) is 0 Å². The number of hydrogen-bond acceptors (Lipinski definition) is 2. The molecule has 0 aromatic heterocycles. The average molecular weight is 245 g/mol. The van der Waals surface area contributed by atoms with Crippen LogP contribution in [0.5, 0.6) is 0 Å². The monoisotopic (exact) mass is 245 g/mol. The van der Waals surface area contributed by atoms with Crippen molar-refractivity contribution in [3.8, 4) is 0 Å².